The molecule has 1 N–H and O–H groups in total. The zero-order valence-electron chi connectivity index (χ0n) is 21.8. The number of nitrogens with zero attached hydrogens (tertiary/aromatic N) is 1. The molecule has 0 spiro atoms. The molecule has 0 bridgehead atoms. The molecule has 1 aliphatic rings. The van der Waals surface area contributed by atoms with Crippen molar-refractivity contribution in [3.8, 4) is 23.0 Å². The van der Waals surface area contributed by atoms with E-state index in [9.17, 15) is 14.7 Å². The van der Waals surface area contributed by atoms with E-state index in [1.165, 1.54) is 25.2 Å². The number of hydrogen-bond donors (Lipinski definition) is 1. The van der Waals surface area contributed by atoms with Gasteiger partial charge in [0.2, 0.25) is 0 Å². The Morgan fingerprint density at radius 3 is 2.08 bits per heavy atom. The van der Waals surface area contributed by atoms with E-state index in [1.807, 2.05) is 6.92 Å². The van der Waals surface area contributed by atoms with Crippen molar-refractivity contribution in [1.82, 2.24) is 4.90 Å². The second kappa shape index (κ2) is 11.9. The molecule has 0 saturated carbocycles. The number of benzene rings is 3. The number of aliphatic hydroxyl groups excluding tert-OH is 1. The molecule has 204 valence electrons. The minimum absolute atomic E-state index is 0.0131. The van der Waals surface area contributed by atoms with Crippen molar-refractivity contribution in [2.45, 2.75) is 19.5 Å². The molecule has 1 aliphatic heterocycles. The highest BCUT2D eigenvalue weighted by Gasteiger charge is 2.46. The van der Waals surface area contributed by atoms with Crippen LogP contribution in [0.4, 0.5) is 0 Å². The molecular formula is C29H27Cl2NO7. The summed E-state index contributed by atoms with van der Waals surface area (Å²) in [5, 5.41) is 11.7. The topological polar surface area (TPSA) is 94.5 Å². The van der Waals surface area contributed by atoms with E-state index in [0.717, 1.165) is 5.56 Å². The summed E-state index contributed by atoms with van der Waals surface area (Å²) >= 11 is 12.8. The maximum absolute atomic E-state index is 13.5. The molecule has 1 amide bonds. The Bertz CT molecular complexity index is 1420. The Labute approximate surface area is 236 Å². The van der Waals surface area contributed by atoms with Gasteiger partial charge in [-0.15, -0.1) is 0 Å². The van der Waals surface area contributed by atoms with E-state index in [1.54, 1.807) is 55.6 Å². The zero-order valence-corrected chi connectivity index (χ0v) is 23.3. The first-order valence-electron chi connectivity index (χ1n) is 12.0. The van der Waals surface area contributed by atoms with E-state index in [-0.39, 0.29) is 39.2 Å². The van der Waals surface area contributed by atoms with Gasteiger partial charge >= 0.3 is 0 Å². The Balaban J connectivity index is 1.90. The van der Waals surface area contributed by atoms with Gasteiger partial charge in [-0.1, -0.05) is 47.5 Å². The highest BCUT2D eigenvalue weighted by atomic mass is 35.5. The Kier molecular flexibility index (Phi) is 8.57. The number of carbonyl (C=O) groups excluding carboxylic acids is 2. The van der Waals surface area contributed by atoms with Gasteiger partial charge in [0.15, 0.2) is 11.5 Å². The fraction of sp³-hybridized carbons (Fsp3) is 0.241. The maximum atomic E-state index is 13.5. The molecule has 3 aromatic rings. The van der Waals surface area contributed by atoms with Crippen molar-refractivity contribution in [2.75, 3.05) is 27.9 Å². The largest absolute Gasteiger partial charge is 0.507 e. The summed E-state index contributed by atoms with van der Waals surface area (Å²) in [6, 6.07) is 14.6. The second-order valence-electron chi connectivity index (χ2n) is 8.56. The van der Waals surface area contributed by atoms with Crippen LogP contribution in [0.25, 0.3) is 5.76 Å². The lowest BCUT2D eigenvalue weighted by atomic mass is 9.94. The summed E-state index contributed by atoms with van der Waals surface area (Å²) in [5.74, 6) is -0.626. The predicted molar refractivity (Wildman–Crippen MR) is 148 cm³/mol. The van der Waals surface area contributed by atoms with E-state index < -0.39 is 23.5 Å². The molecule has 1 unspecified atom stereocenters. The van der Waals surface area contributed by atoms with Crippen molar-refractivity contribution in [2.24, 2.45) is 0 Å². The minimum atomic E-state index is -0.924. The molecule has 39 heavy (non-hydrogen) atoms. The molecular weight excluding hydrogens is 545 g/mol. The number of ether oxygens (including phenoxy) is 4. The van der Waals surface area contributed by atoms with Gasteiger partial charge in [0.25, 0.3) is 11.7 Å². The van der Waals surface area contributed by atoms with Gasteiger partial charge < -0.3 is 29.0 Å². The van der Waals surface area contributed by atoms with Crippen LogP contribution in [0.15, 0.2) is 60.2 Å². The van der Waals surface area contributed by atoms with Crippen molar-refractivity contribution in [1.29, 1.82) is 0 Å². The molecule has 1 atom stereocenters. The SMILES string of the molecule is CCOc1ccc(C2/C(=C(\O)c3cc(Cl)c(OC)c(Cl)c3OC)C(=O)C(=O)N2Cc2ccc(OC)cc2)cc1. The van der Waals surface area contributed by atoms with E-state index in [0.29, 0.717) is 23.7 Å². The van der Waals surface area contributed by atoms with Crippen LogP contribution in [0.2, 0.25) is 10.0 Å². The van der Waals surface area contributed by atoms with Crippen molar-refractivity contribution < 1.29 is 33.6 Å². The lowest BCUT2D eigenvalue weighted by Crippen LogP contribution is -2.29. The third-order valence-electron chi connectivity index (χ3n) is 6.35. The summed E-state index contributed by atoms with van der Waals surface area (Å²) in [7, 11) is 4.31. The number of aliphatic hydroxyl groups is 1. The summed E-state index contributed by atoms with van der Waals surface area (Å²) in [6.45, 7) is 2.45. The number of hydrogen-bond acceptors (Lipinski definition) is 7. The first kappa shape index (κ1) is 28.1. The number of amides is 1. The first-order chi connectivity index (χ1) is 18.7. The third-order valence-corrected chi connectivity index (χ3v) is 6.98. The second-order valence-corrected chi connectivity index (χ2v) is 9.35. The molecule has 8 nitrogen and oxygen atoms in total. The van der Waals surface area contributed by atoms with Gasteiger partial charge in [0.1, 0.15) is 22.3 Å². The van der Waals surface area contributed by atoms with E-state index in [4.69, 9.17) is 42.1 Å². The van der Waals surface area contributed by atoms with Gasteiger partial charge in [-0.05, 0) is 48.4 Å². The molecule has 3 aromatic carbocycles. The molecule has 4 rings (SSSR count). The molecule has 0 aromatic heterocycles. The maximum Gasteiger partial charge on any atom is 0.295 e. The highest BCUT2D eigenvalue weighted by Crippen LogP contribution is 2.47. The summed E-state index contributed by atoms with van der Waals surface area (Å²) in [5.41, 5.74) is 1.28. The van der Waals surface area contributed by atoms with Crippen LogP contribution < -0.4 is 18.9 Å². The first-order valence-corrected chi connectivity index (χ1v) is 12.8. The fourth-order valence-corrected chi connectivity index (χ4v) is 5.21. The zero-order chi connectivity index (χ0) is 28.3. The third kappa shape index (κ3) is 5.35. The Morgan fingerprint density at radius 1 is 0.897 bits per heavy atom. The predicted octanol–water partition coefficient (Wildman–Crippen LogP) is 6.04. The van der Waals surface area contributed by atoms with Crippen molar-refractivity contribution >= 4 is 40.7 Å². The smallest absolute Gasteiger partial charge is 0.295 e. The van der Waals surface area contributed by atoms with Gasteiger partial charge in [-0.25, -0.2) is 0 Å². The van der Waals surface area contributed by atoms with Crippen molar-refractivity contribution in [3.63, 3.8) is 0 Å². The normalized spacial score (nSPS) is 16.4. The van der Waals surface area contributed by atoms with Gasteiger partial charge in [-0.2, -0.15) is 0 Å². The van der Waals surface area contributed by atoms with Gasteiger partial charge in [-0.3, -0.25) is 9.59 Å². The lowest BCUT2D eigenvalue weighted by molar-refractivity contribution is -0.140. The summed E-state index contributed by atoms with van der Waals surface area (Å²) in [4.78, 5) is 28.3. The molecule has 1 heterocycles. The van der Waals surface area contributed by atoms with Crippen LogP contribution in [0.3, 0.4) is 0 Å². The fourth-order valence-electron chi connectivity index (χ4n) is 4.52. The van der Waals surface area contributed by atoms with Crippen LogP contribution in [0.5, 0.6) is 23.0 Å². The summed E-state index contributed by atoms with van der Waals surface area (Å²) < 4.78 is 21.5. The van der Waals surface area contributed by atoms with E-state index >= 15 is 0 Å². The highest BCUT2D eigenvalue weighted by molar-refractivity contribution is 6.47. The van der Waals surface area contributed by atoms with Crippen LogP contribution in [0, 0.1) is 0 Å². The number of Topliss-reactive ketones (excluding diaryl/α,β-unsaturated/α-hetero) is 1. The monoisotopic (exact) mass is 571 g/mol. The van der Waals surface area contributed by atoms with E-state index in [2.05, 4.69) is 0 Å². The molecule has 0 aliphatic carbocycles. The molecule has 1 saturated heterocycles. The van der Waals surface area contributed by atoms with Crippen LogP contribution in [-0.4, -0.2) is 49.6 Å². The molecule has 0 radical (unpaired) electrons. The Morgan fingerprint density at radius 2 is 1.51 bits per heavy atom. The summed E-state index contributed by atoms with van der Waals surface area (Å²) in [6.07, 6.45) is 0. The average molecular weight is 572 g/mol. The number of methoxy groups -OCH3 is 3. The number of carbonyl (C=O) groups is 2. The van der Waals surface area contributed by atoms with Crippen LogP contribution in [0.1, 0.15) is 29.7 Å². The molecule has 10 heteroatoms. The quantitative estimate of drug-likeness (QED) is 0.190. The number of rotatable bonds is 9. The molecule has 1 fully saturated rings. The number of ketones is 1. The lowest BCUT2D eigenvalue weighted by Gasteiger charge is -2.26. The van der Waals surface area contributed by atoms with Crippen molar-refractivity contribution in [3.05, 3.63) is 86.9 Å². The number of halogens is 2. The van der Waals surface area contributed by atoms with Gasteiger partial charge in [0, 0.05) is 6.54 Å². The Hall–Kier alpha value is -3.88. The van der Waals surface area contributed by atoms with Crippen LogP contribution >= 0.6 is 23.2 Å². The standard InChI is InChI=1S/C29H27Cl2NO7/c1-5-39-19-12-8-17(9-13-19)24-22(25(33)20-14-21(30)28(38-4)23(31)27(20)37-3)26(34)29(35)32(24)15-16-6-10-18(36-2)11-7-16/h6-14,24,33H,5,15H2,1-4H3/b25-22+. The minimum Gasteiger partial charge on any atom is -0.507 e. The van der Waals surface area contributed by atoms with Gasteiger partial charge in [0.05, 0.1) is 50.1 Å². The van der Waals surface area contributed by atoms with Crippen LogP contribution in [-0.2, 0) is 16.1 Å². The number of likely N-dealkylation sites (tertiary alicyclic amines) is 1. The average Bonchev–Trinajstić information content (AvgIpc) is 3.18.